The van der Waals surface area contributed by atoms with Crippen LogP contribution in [0.4, 0.5) is 0 Å². The van der Waals surface area contributed by atoms with Crippen molar-refractivity contribution in [2.45, 2.75) is 44.6 Å². The lowest BCUT2D eigenvalue weighted by Crippen LogP contribution is -2.15. The molecule has 0 fully saturated rings. The second-order valence-electron chi connectivity index (χ2n) is 6.74. The van der Waals surface area contributed by atoms with Gasteiger partial charge in [0.1, 0.15) is 0 Å². The first-order valence-electron chi connectivity index (χ1n) is 8.89. The third-order valence-corrected chi connectivity index (χ3v) is 5.27. The fraction of sp³-hybridized carbons (Fsp3) is 0.318. The van der Waals surface area contributed by atoms with Crippen LogP contribution in [-0.2, 0) is 13.0 Å². The van der Waals surface area contributed by atoms with Crippen LogP contribution in [0.1, 0.15) is 48.4 Å². The van der Waals surface area contributed by atoms with Gasteiger partial charge in [0.05, 0.1) is 6.07 Å². The minimum absolute atomic E-state index is 0.518. The minimum atomic E-state index is 0.518. The van der Waals surface area contributed by atoms with Gasteiger partial charge in [-0.2, -0.15) is 5.26 Å². The van der Waals surface area contributed by atoms with Gasteiger partial charge in [-0.3, -0.25) is 0 Å². The molecule has 2 aromatic carbocycles. The molecule has 0 amide bonds. The summed E-state index contributed by atoms with van der Waals surface area (Å²) in [7, 11) is 0. The Morgan fingerprint density at radius 2 is 1.83 bits per heavy atom. The Kier molecular flexibility index (Phi) is 4.09. The summed E-state index contributed by atoms with van der Waals surface area (Å²) in [6.07, 6.45) is 5.24. The van der Waals surface area contributed by atoms with Gasteiger partial charge in [0.25, 0.3) is 0 Å². The van der Waals surface area contributed by atoms with E-state index in [2.05, 4.69) is 65.2 Å². The molecule has 1 aliphatic carbocycles. The molecule has 0 radical (unpaired) electrons. The van der Waals surface area contributed by atoms with E-state index in [1.54, 1.807) is 0 Å². The molecule has 2 heteroatoms. The van der Waals surface area contributed by atoms with E-state index in [9.17, 15) is 0 Å². The van der Waals surface area contributed by atoms with Crippen LogP contribution in [0.15, 0.2) is 54.6 Å². The zero-order valence-corrected chi connectivity index (χ0v) is 13.9. The molecule has 4 rings (SSSR count). The van der Waals surface area contributed by atoms with E-state index >= 15 is 0 Å². The maximum Gasteiger partial charge on any atom is 0.0621 e. The summed E-state index contributed by atoms with van der Waals surface area (Å²) in [6.45, 7) is 0.916. The largest absolute Gasteiger partial charge is 0.340 e. The Morgan fingerprint density at radius 1 is 1.04 bits per heavy atom. The Balaban J connectivity index is 1.86. The van der Waals surface area contributed by atoms with E-state index in [-0.39, 0.29) is 0 Å². The number of fused-ring (bicyclic) bond motifs is 3. The van der Waals surface area contributed by atoms with Crippen molar-refractivity contribution in [1.82, 2.24) is 4.57 Å². The van der Waals surface area contributed by atoms with Gasteiger partial charge < -0.3 is 4.57 Å². The van der Waals surface area contributed by atoms with Crippen LogP contribution in [0.25, 0.3) is 10.9 Å². The highest BCUT2D eigenvalue weighted by Gasteiger charge is 2.27. The first-order valence-corrected chi connectivity index (χ1v) is 8.89. The van der Waals surface area contributed by atoms with Crippen molar-refractivity contribution in [3.8, 4) is 6.07 Å². The van der Waals surface area contributed by atoms with Crippen molar-refractivity contribution >= 4 is 10.9 Å². The first-order chi connectivity index (χ1) is 11.9. The summed E-state index contributed by atoms with van der Waals surface area (Å²) < 4.78 is 2.52. The van der Waals surface area contributed by atoms with Crippen LogP contribution < -0.4 is 0 Å². The molecular weight excluding hydrogens is 292 g/mol. The van der Waals surface area contributed by atoms with Crippen LogP contribution in [0.2, 0.25) is 0 Å². The summed E-state index contributed by atoms with van der Waals surface area (Å²) in [5, 5.41) is 10.4. The number of aromatic nitrogens is 1. The number of benzene rings is 2. The maximum atomic E-state index is 9.03. The maximum absolute atomic E-state index is 9.03. The normalized spacial score (nSPS) is 16.7. The van der Waals surface area contributed by atoms with Gasteiger partial charge in [0.2, 0.25) is 0 Å². The summed E-state index contributed by atoms with van der Waals surface area (Å²) in [5.74, 6) is 0.518. The molecule has 24 heavy (non-hydrogen) atoms. The zero-order chi connectivity index (χ0) is 16.4. The van der Waals surface area contributed by atoms with Gasteiger partial charge in [-0.05, 0) is 42.9 Å². The number of nitriles is 1. The highest BCUT2D eigenvalue weighted by Crippen LogP contribution is 2.40. The highest BCUT2D eigenvalue weighted by molar-refractivity contribution is 5.86. The SMILES string of the molecule is N#CCC[C@H]1CCCc2c1n(Cc1ccccc1)c1ccccc21. The Labute approximate surface area is 143 Å². The zero-order valence-electron chi connectivity index (χ0n) is 13.9. The van der Waals surface area contributed by atoms with Crippen LogP contribution >= 0.6 is 0 Å². The number of hydrogen-bond donors (Lipinski definition) is 0. The molecule has 0 spiro atoms. The summed E-state index contributed by atoms with van der Waals surface area (Å²) in [4.78, 5) is 0. The lowest BCUT2D eigenvalue weighted by atomic mass is 9.84. The monoisotopic (exact) mass is 314 g/mol. The Hall–Kier alpha value is -2.53. The van der Waals surface area contributed by atoms with Crippen molar-refractivity contribution in [2.24, 2.45) is 0 Å². The fourth-order valence-corrected chi connectivity index (χ4v) is 4.24. The van der Waals surface area contributed by atoms with E-state index in [1.807, 2.05) is 0 Å². The van der Waals surface area contributed by atoms with Crippen molar-refractivity contribution in [3.05, 3.63) is 71.4 Å². The van der Waals surface area contributed by atoms with E-state index in [4.69, 9.17) is 5.26 Å². The third-order valence-electron chi connectivity index (χ3n) is 5.27. The average Bonchev–Trinajstić information content (AvgIpc) is 2.96. The number of nitrogens with zero attached hydrogens (tertiary/aromatic N) is 2. The topological polar surface area (TPSA) is 28.7 Å². The predicted molar refractivity (Wildman–Crippen MR) is 98.0 cm³/mol. The quantitative estimate of drug-likeness (QED) is 0.632. The Bertz CT molecular complexity index is 883. The van der Waals surface area contributed by atoms with Crippen LogP contribution in [0.3, 0.4) is 0 Å². The molecule has 0 aliphatic heterocycles. The van der Waals surface area contributed by atoms with Crippen molar-refractivity contribution < 1.29 is 0 Å². The van der Waals surface area contributed by atoms with Crippen LogP contribution in [0.5, 0.6) is 0 Å². The van der Waals surface area contributed by atoms with Gasteiger partial charge in [-0.25, -0.2) is 0 Å². The summed E-state index contributed by atoms with van der Waals surface area (Å²) in [6, 6.07) is 21.8. The summed E-state index contributed by atoms with van der Waals surface area (Å²) >= 11 is 0. The molecule has 0 saturated carbocycles. The molecular formula is C22H22N2. The van der Waals surface area contributed by atoms with Crippen LogP contribution in [-0.4, -0.2) is 4.57 Å². The average molecular weight is 314 g/mol. The van der Waals surface area contributed by atoms with Gasteiger partial charge in [0, 0.05) is 35.5 Å². The standard InChI is InChI=1S/C22H22N2/c23-15-7-11-18-10-6-13-20-19-12-4-5-14-21(19)24(22(18)20)16-17-8-2-1-3-9-17/h1-5,8-9,12,14,18H,6-7,10-11,13,16H2/t18-/m1/s1. The number of aryl methyl sites for hydroxylation is 1. The van der Waals surface area contributed by atoms with E-state index in [0.717, 1.165) is 13.0 Å². The van der Waals surface area contributed by atoms with Gasteiger partial charge in [-0.1, -0.05) is 48.5 Å². The third kappa shape index (κ3) is 2.61. The van der Waals surface area contributed by atoms with Gasteiger partial charge >= 0.3 is 0 Å². The summed E-state index contributed by atoms with van der Waals surface area (Å²) in [5.41, 5.74) is 5.69. The molecule has 1 heterocycles. The van der Waals surface area contributed by atoms with Crippen molar-refractivity contribution in [2.75, 3.05) is 0 Å². The van der Waals surface area contributed by atoms with E-state index in [1.165, 1.54) is 47.0 Å². The molecule has 0 unspecified atom stereocenters. The number of para-hydroxylation sites is 1. The number of hydrogen-bond acceptors (Lipinski definition) is 1. The lowest BCUT2D eigenvalue weighted by molar-refractivity contribution is 0.496. The molecule has 0 saturated heterocycles. The second-order valence-corrected chi connectivity index (χ2v) is 6.74. The molecule has 1 atom stereocenters. The van der Waals surface area contributed by atoms with E-state index < -0.39 is 0 Å². The van der Waals surface area contributed by atoms with Crippen molar-refractivity contribution in [3.63, 3.8) is 0 Å². The smallest absolute Gasteiger partial charge is 0.0621 e. The second kappa shape index (κ2) is 6.53. The molecule has 0 bridgehead atoms. The molecule has 1 aliphatic rings. The Morgan fingerprint density at radius 3 is 2.67 bits per heavy atom. The van der Waals surface area contributed by atoms with Gasteiger partial charge in [-0.15, -0.1) is 0 Å². The number of rotatable bonds is 4. The highest BCUT2D eigenvalue weighted by atomic mass is 15.0. The molecule has 120 valence electrons. The minimum Gasteiger partial charge on any atom is -0.340 e. The van der Waals surface area contributed by atoms with Gasteiger partial charge in [0.15, 0.2) is 0 Å². The fourth-order valence-electron chi connectivity index (χ4n) is 4.24. The predicted octanol–water partition coefficient (Wildman–Crippen LogP) is 5.41. The first kappa shape index (κ1) is 15.0. The van der Waals surface area contributed by atoms with Crippen molar-refractivity contribution in [1.29, 1.82) is 5.26 Å². The molecule has 3 aromatic rings. The molecule has 0 N–H and O–H groups in total. The lowest BCUT2D eigenvalue weighted by Gasteiger charge is -2.25. The van der Waals surface area contributed by atoms with E-state index in [0.29, 0.717) is 12.3 Å². The molecule has 1 aromatic heterocycles. The van der Waals surface area contributed by atoms with Crippen LogP contribution in [0, 0.1) is 11.3 Å². The molecule has 2 nitrogen and oxygen atoms in total.